The molecule has 4 rings (SSSR count). The zero-order valence-corrected chi connectivity index (χ0v) is 16.0. The number of nitrogens with zero attached hydrogens (tertiary/aromatic N) is 4. The Morgan fingerprint density at radius 3 is 2.96 bits per heavy atom. The zero-order chi connectivity index (χ0) is 19.2. The second kappa shape index (κ2) is 6.71. The van der Waals surface area contributed by atoms with Crippen molar-refractivity contribution in [3.05, 3.63) is 36.4 Å². The van der Waals surface area contributed by atoms with E-state index in [1.165, 1.54) is 0 Å². The molecule has 4 atom stereocenters. The second-order valence-electron chi connectivity index (χ2n) is 8.23. The largest absolute Gasteiger partial charge is 0.360 e. The van der Waals surface area contributed by atoms with Crippen molar-refractivity contribution in [3.63, 3.8) is 0 Å². The van der Waals surface area contributed by atoms with Crippen molar-refractivity contribution < 1.29 is 14.3 Å². The highest BCUT2D eigenvalue weighted by Crippen LogP contribution is 2.52. The standard InChI is InChI=1S/C20H26N4O3/c1-13(2)5-9-24-12-20-6-4-15(27-20)16(17(20)19(24)26)18(25)23(3)11-14-10-21-7-8-22-14/h4,6-8,10,13,15-17H,5,9,11-12H2,1-3H3/t15-,16+,17+,20-/m0/s1. The lowest BCUT2D eigenvalue weighted by atomic mass is 9.76. The molecule has 2 amide bonds. The molecule has 7 heteroatoms. The molecule has 0 N–H and O–H groups in total. The maximum absolute atomic E-state index is 13.2. The Hall–Kier alpha value is -2.28. The number of likely N-dealkylation sites (tertiary alicyclic amines) is 1. The molecule has 7 nitrogen and oxygen atoms in total. The molecule has 2 fully saturated rings. The molecule has 3 aliphatic heterocycles. The Morgan fingerprint density at radius 2 is 2.26 bits per heavy atom. The van der Waals surface area contributed by atoms with E-state index in [1.54, 1.807) is 30.5 Å². The molecule has 1 spiro atoms. The van der Waals surface area contributed by atoms with Gasteiger partial charge >= 0.3 is 0 Å². The highest BCUT2D eigenvalue weighted by atomic mass is 16.5. The van der Waals surface area contributed by atoms with Crippen molar-refractivity contribution in [2.75, 3.05) is 20.1 Å². The predicted molar refractivity (Wildman–Crippen MR) is 98.3 cm³/mol. The Morgan fingerprint density at radius 1 is 1.44 bits per heavy atom. The number of aromatic nitrogens is 2. The minimum absolute atomic E-state index is 0.0498. The summed E-state index contributed by atoms with van der Waals surface area (Å²) < 4.78 is 6.18. The molecule has 3 aliphatic rings. The third-order valence-electron chi connectivity index (χ3n) is 5.83. The Labute approximate surface area is 159 Å². The van der Waals surface area contributed by atoms with Crippen molar-refractivity contribution in [1.82, 2.24) is 19.8 Å². The van der Waals surface area contributed by atoms with Crippen LogP contribution in [-0.4, -0.2) is 63.4 Å². The van der Waals surface area contributed by atoms with Gasteiger partial charge < -0.3 is 14.5 Å². The average Bonchev–Trinajstić information content (AvgIpc) is 3.28. The third-order valence-corrected chi connectivity index (χ3v) is 5.83. The summed E-state index contributed by atoms with van der Waals surface area (Å²) in [6.07, 6.45) is 9.45. The average molecular weight is 370 g/mol. The predicted octanol–water partition coefficient (Wildman–Crippen LogP) is 1.26. The fourth-order valence-electron chi connectivity index (χ4n) is 4.45. The normalized spacial score (nSPS) is 31.0. The molecular weight excluding hydrogens is 344 g/mol. The van der Waals surface area contributed by atoms with Gasteiger partial charge in [-0.2, -0.15) is 0 Å². The van der Waals surface area contributed by atoms with Gasteiger partial charge in [-0.15, -0.1) is 0 Å². The second-order valence-corrected chi connectivity index (χ2v) is 8.23. The molecule has 1 aromatic heterocycles. The van der Waals surface area contributed by atoms with Crippen molar-refractivity contribution in [1.29, 1.82) is 0 Å². The fourth-order valence-corrected chi connectivity index (χ4v) is 4.45. The fraction of sp³-hybridized carbons (Fsp3) is 0.600. The lowest BCUT2D eigenvalue weighted by Crippen LogP contribution is -2.44. The van der Waals surface area contributed by atoms with Crippen LogP contribution in [0.5, 0.6) is 0 Å². The highest BCUT2D eigenvalue weighted by Gasteiger charge is 2.66. The van der Waals surface area contributed by atoms with E-state index in [1.807, 2.05) is 17.1 Å². The van der Waals surface area contributed by atoms with Gasteiger partial charge in [0.2, 0.25) is 11.8 Å². The zero-order valence-electron chi connectivity index (χ0n) is 16.0. The molecule has 2 bridgehead atoms. The van der Waals surface area contributed by atoms with Gasteiger partial charge in [-0.1, -0.05) is 26.0 Å². The van der Waals surface area contributed by atoms with Crippen molar-refractivity contribution in [2.24, 2.45) is 17.8 Å². The lowest BCUT2D eigenvalue weighted by Gasteiger charge is -2.27. The molecule has 27 heavy (non-hydrogen) atoms. The molecule has 0 aromatic carbocycles. The van der Waals surface area contributed by atoms with Gasteiger partial charge in [0.1, 0.15) is 5.60 Å². The summed E-state index contributed by atoms with van der Waals surface area (Å²) in [4.78, 5) is 38.1. The van der Waals surface area contributed by atoms with E-state index in [0.29, 0.717) is 25.6 Å². The smallest absolute Gasteiger partial charge is 0.230 e. The summed E-state index contributed by atoms with van der Waals surface area (Å²) in [7, 11) is 1.75. The first-order chi connectivity index (χ1) is 12.9. The summed E-state index contributed by atoms with van der Waals surface area (Å²) in [5.41, 5.74) is 0.0888. The molecule has 144 valence electrons. The molecule has 0 radical (unpaired) electrons. The van der Waals surface area contributed by atoms with Crippen LogP contribution in [0.2, 0.25) is 0 Å². The number of amides is 2. The number of carbonyl (C=O) groups excluding carboxylic acids is 2. The maximum atomic E-state index is 13.2. The van der Waals surface area contributed by atoms with Gasteiger partial charge in [-0.25, -0.2) is 0 Å². The van der Waals surface area contributed by atoms with E-state index in [4.69, 9.17) is 4.74 Å². The van der Waals surface area contributed by atoms with Crippen LogP contribution in [-0.2, 0) is 20.9 Å². The van der Waals surface area contributed by atoms with Crippen LogP contribution in [0.3, 0.4) is 0 Å². The minimum Gasteiger partial charge on any atom is -0.360 e. The van der Waals surface area contributed by atoms with Gasteiger partial charge in [-0.05, 0) is 12.3 Å². The third kappa shape index (κ3) is 3.04. The highest BCUT2D eigenvalue weighted by molar-refractivity contribution is 5.92. The maximum Gasteiger partial charge on any atom is 0.230 e. The van der Waals surface area contributed by atoms with Crippen molar-refractivity contribution in [3.8, 4) is 0 Å². The molecule has 1 aromatic rings. The van der Waals surface area contributed by atoms with Gasteiger partial charge in [0.05, 0.1) is 42.9 Å². The van der Waals surface area contributed by atoms with Crippen LogP contribution >= 0.6 is 0 Å². The first-order valence-corrected chi connectivity index (χ1v) is 9.57. The summed E-state index contributed by atoms with van der Waals surface area (Å²) >= 11 is 0. The molecule has 0 saturated carbocycles. The molecule has 2 saturated heterocycles. The number of hydrogen-bond donors (Lipinski definition) is 0. The minimum atomic E-state index is -0.632. The van der Waals surface area contributed by atoms with E-state index in [0.717, 1.165) is 12.1 Å². The van der Waals surface area contributed by atoms with Crippen molar-refractivity contribution >= 4 is 11.8 Å². The van der Waals surface area contributed by atoms with E-state index in [2.05, 4.69) is 23.8 Å². The van der Waals surface area contributed by atoms with Crippen LogP contribution in [0.25, 0.3) is 0 Å². The molecule has 4 heterocycles. The number of ether oxygens (including phenoxy) is 1. The summed E-state index contributed by atoms with van der Waals surface area (Å²) in [6.45, 7) is 5.93. The van der Waals surface area contributed by atoms with E-state index in [-0.39, 0.29) is 17.9 Å². The summed E-state index contributed by atoms with van der Waals surface area (Å²) in [5, 5.41) is 0. The number of hydrogen-bond acceptors (Lipinski definition) is 5. The molecule has 0 unspecified atom stereocenters. The first kappa shape index (κ1) is 18.1. The van der Waals surface area contributed by atoms with Crippen LogP contribution < -0.4 is 0 Å². The Balaban J connectivity index is 1.51. The molecule has 0 aliphatic carbocycles. The first-order valence-electron chi connectivity index (χ1n) is 9.57. The van der Waals surface area contributed by atoms with E-state index in [9.17, 15) is 9.59 Å². The lowest BCUT2D eigenvalue weighted by molar-refractivity contribution is -0.142. The Kier molecular flexibility index (Phi) is 4.50. The van der Waals surface area contributed by atoms with Crippen LogP contribution in [0.4, 0.5) is 0 Å². The van der Waals surface area contributed by atoms with Crippen molar-refractivity contribution in [2.45, 2.75) is 38.5 Å². The summed E-state index contributed by atoms with van der Waals surface area (Å²) in [6, 6.07) is 0. The van der Waals surface area contributed by atoms with Gasteiger partial charge in [0, 0.05) is 26.0 Å². The van der Waals surface area contributed by atoms with Crippen LogP contribution in [0.1, 0.15) is 26.0 Å². The molecular formula is C20H26N4O3. The van der Waals surface area contributed by atoms with E-state index < -0.39 is 17.4 Å². The Bertz CT molecular complexity index is 766. The number of fused-ring (bicyclic) bond motifs is 1. The quantitative estimate of drug-likeness (QED) is 0.705. The monoisotopic (exact) mass is 370 g/mol. The van der Waals surface area contributed by atoms with Gasteiger partial charge in [0.25, 0.3) is 0 Å². The van der Waals surface area contributed by atoms with Crippen LogP contribution in [0, 0.1) is 17.8 Å². The van der Waals surface area contributed by atoms with Gasteiger partial charge in [-0.3, -0.25) is 19.6 Å². The van der Waals surface area contributed by atoms with Gasteiger partial charge in [0.15, 0.2) is 0 Å². The SMILES string of the molecule is CC(C)CCN1C[C@]23C=C[C@H](O2)[C@@H](C(=O)N(C)Cc2cnccn2)[C@@H]3C1=O. The summed E-state index contributed by atoms with van der Waals surface area (Å²) in [5.74, 6) is -0.376. The van der Waals surface area contributed by atoms with Crippen LogP contribution in [0.15, 0.2) is 30.7 Å². The topological polar surface area (TPSA) is 75.6 Å². The number of rotatable bonds is 6. The number of carbonyl (C=O) groups is 2. The van der Waals surface area contributed by atoms with E-state index >= 15 is 0 Å².